The van der Waals surface area contributed by atoms with Crippen LogP contribution in [0.5, 0.6) is 0 Å². The third kappa shape index (κ3) is 4.22. The number of nitrogens with one attached hydrogen (secondary N) is 1. The number of hydrogen-bond acceptors (Lipinski definition) is 7. The number of pyridine rings is 1. The summed E-state index contributed by atoms with van der Waals surface area (Å²) in [5, 5.41) is 2.57. The molecule has 3 N–H and O–H groups in total. The number of piperazine rings is 1. The van der Waals surface area contributed by atoms with Crippen LogP contribution < -0.4 is 16.3 Å². The Morgan fingerprint density at radius 2 is 1.89 bits per heavy atom. The number of imidazole rings is 1. The SMILES string of the molecule is Cl.NC(CN1CCN(c2nccc3ccc(F)cc23)CC1)c1nc2c([nH]1)c(=O)oc1ccccc12. The van der Waals surface area contributed by atoms with E-state index in [4.69, 9.17) is 10.2 Å². The Bertz CT molecular complexity index is 1580. The fraction of sp³-hybridized carbons (Fsp3) is 0.240. The molecule has 180 valence electrons. The highest BCUT2D eigenvalue weighted by Crippen LogP contribution is 2.27. The Balaban J connectivity index is 0.00000253. The van der Waals surface area contributed by atoms with Gasteiger partial charge in [0.05, 0.1) is 6.04 Å². The molecular weight excluding hydrogens is 471 g/mol. The van der Waals surface area contributed by atoms with Crippen LogP contribution in [0.3, 0.4) is 0 Å². The van der Waals surface area contributed by atoms with Crippen LogP contribution in [0.4, 0.5) is 10.2 Å². The van der Waals surface area contributed by atoms with Crippen molar-refractivity contribution in [3.05, 3.63) is 76.8 Å². The van der Waals surface area contributed by atoms with Gasteiger partial charge in [-0.3, -0.25) is 4.90 Å². The molecule has 4 heterocycles. The first-order valence-electron chi connectivity index (χ1n) is 11.3. The van der Waals surface area contributed by atoms with Crippen molar-refractivity contribution in [2.75, 3.05) is 37.6 Å². The second-order valence-electron chi connectivity index (χ2n) is 8.63. The standard InChI is InChI=1S/C25H23FN6O2.ClH/c26-16-6-5-15-7-8-28-24(18(15)13-16)32-11-9-31(10-12-32)14-19(27)23-29-21-17-3-1-2-4-20(17)34-25(33)22(21)30-23;/h1-8,13,19H,9-12,14,27H2,(H,29,30);1H. The Morgan fingerprint density at radius 3 is 2.71 bits per heavy atom. The minimum atomic E-state index is -0.452. The van der Waals surface area contributed by atoms with Gasteiger partial charge < -0.3 is 20.0 Å². The molecule has 1 aliphatic heterocycles. The summed E-state index contributed by atoms with van der Waals surface area (Å²) < 4.78 is 19.2. The van der Waals surface area contributed by atoms with Crippen LogP contribution >= 0.6 is 12.4 Å². The van der Waals surface area contributed by atoms with Gasteiger partial charge in [0.25, 0.3) is 0 Å². The van der Waals surface area contributed by atoms with Gasteiger partial charge in [0.15, 0.2) is 5.52 Å². The maximum atomic E-state index is 13.8. The first-order chi connectivity index (χ1) is 16.6. The average Bonchev–Trinajstić information content (AvgIpc) is 3.31. The summed E-state index contributed by atoms with van der Waals surface area (Å²) in [5.74, 6) is 1.10. The number of anilines is 1. The molecule has 8 nitrogen and oxygen atoms in total. The van der Waals surface area contributed by atoms with Crippen molar-refractivity contribution in [3.8, 4) is 0 Å². The van der Waals surface area contributed by atoms with E-state index in [1.165, 1.54) is 6.07 Å². The van der Waals surface area contributed by atoms with Crippen LogP contribution in [0.25, 0.3) is 32.8 Å². The highest BCUT2D eigenvalue weighted by molar-refractivity contribution is 6.00. The second kappa shape index (κ2) is 9.26. The van der Waals surface area contributed by atoms with Gasteiger partial charge in [-0.15, -0.1) is 12.4 Å². The van der Waals surface area contributed by atoms with E-state index in [-0.39, 0.29) is 24.3 Å². The summed E-state index contributed by atoms with van der Waals surface area (Å²) in [6.45, 7) is 3.67. The minimum absolute atomic E-state index is 0. The number of aromatic nitrogens is 3. The van der Waals surface area contributed by atoms with Crippen LogP contribution in [0.2, 0.25) is 0 Å². The van der Waals surface area contributed by atoms with E-state index in [0.717, 1.165) is 48.2 Å². The zero-order chi connectivity index (χ0) is 23.2. The van der Waals surface area contributed by atoms with Crippen molar-refractivity contribution in [1.29, 1.82) is 0 Å². The lowest BCUT2D eigenvalue weighted by atomic mass is 10.1. The molecule has 10 heteroatoms. The molecular formula is C25H24ClFN6O2. The Kier molecular flexibility index (Phi) is 6.14. The van der Waals surface area contributed by atoms with E-state index >= 15 is 0 Å². The monoisotopic (exact) mass is 494 g/mol. The first kappa shape index (κ1) is 23.2. The molecule has 1 aliphatic rings. The first-order valence-corrected chi connectivity index (χ1v) is 11.3. The minimum Gasteiger partial charge on any atom is -0.421 e. The lowest BCUT2D eigenvalue weighted by Gasteiger charge is -2.36. The Morgan fingerprint density at radius 1 is 1.09 bits per heavy atom. The van der Waals surface area contributed by atoms with Crippen molar-refractivity contribution >= 4 is 51.0 Å². The molecule has 0 aliphatic carbocycles. The number of hydrogen-bond donors (Lipinski definition) is 2. The topological polar surface area (TPSA) is 104 Å². The van der Waals surface area contributed by atoms with Crippen LogP contribution in [-0.4, -0.2) is 52.6 Å². The molecule has 1 unspecified atom stereocenters. The van der Waals surface area contributed by atoms with Crippen LogP contribution in [0.15, 0.2) is 63.9 Å². The van der Waals surface area contributed by atoms with Gasteiger partial charge in [0.2, 0.25) is 0 Å². The highest BCUT2D eigenvalue weighted by Gasteiger charge is 2.23. The second-order valence-corrected chi connectivity index (χ2v) is 8.63. The zero-order valence-corrected chi connectivity index (χ0v) is 19.6. The molecule has 0 amide bonds. The van der Waals surface area contributed by atoms with Crippen LogP contribution in [-0.2, 0) is 0 Å². The fourth-order valence-corrected chi connectivity index (χ4v) is 4.70. The molecule has 2 aromatic carbocycles. The van der Waals surface area contributed by atoms with Crippen molar-refractivity contribution in [3.63, 3.8) is 0 Å². The average molecular weight is 495 g/mol. The third-order valence-electron chi connectivity index (χ3n) is 6.46. The number of nitrogens with zero attached hydrogens (tertiary/aromatic N) is 4. The van der Waals surface area contributed by atoms with Crippen molar-refractivity contribution < 1.29 is 8.81 Å². The van der Waals surface area contributed by atoms with Gasteiger partial charge >= 0.3 is 5.63 Å². The number of aromatic amines is 1. The molecule has 35 heavy (non-hydrogen) atoms. The van der Waals surface area contributed by atoms with Gasteiger partial charge in [-0.05, 0) is 35.7 Å². The van der Waals surface area contributed by atoms with Gasteiger partial charge in [-0.1, -0.05) is 18.2 Å². The molecule has 0 radical (unpaired) electrons. The van der Waals surface area contributed by atoms with Gasteiger partial charge in [-0.25, -0.2) is 19.2 Å². The van der Waals surface area contributed by atoms with E-state index in [2.05, 4.69) is 24.8 Å². The van der Waals surface area contributed by atoms with Gasteiger partial charge in [0.1, 0.15) is 28.6 Å². The smallest absolute Gasteiger partial charge is 0.362 e. The lowest BCUT2D eigenvalue weighted by Crippen LogP contribution is -2.48. The predicted octanol–water partition coefficient (Wildman–Crippen LogP) is 3.60. The molecule has 6 rings (SSSR count). The molecule has 0 spiro atoms. The summed E-state index contributed by atoms with van der Waals surface area (Å²) in [5.41, 5.74) is 7.45. The quantitative estimate of drug-likeness (QED) is 0.368. The lowest BCUT2D eigenvalue weighted by molar-refractivity contribution is 0.241. The third-order valence-corrected chi connectivity index (χ3v) is 6.46. The van der Waals surface area contributed by atoms with E-state index in [0.29, 0.717) is 29.0 Å². The Labute approximate surface area is 206 Å². The van der Waals surface area contributed by atoms with Gasteiger partial charge in [0, 0.05) is 49.7 Å². The zero-order valence-electron chi connectivity index (χ0n) is 18.8. The Hall–Kier alpha value is -3.53. The molecule has 5 aromatic rings. The molecule has 0 saturated carbocycles. The number of rotatable bonds is 4. The highest BCUT2D eigenvalue weighted by atomic mass is 35.5. The number of halogens is 2. The van der Waals surface area contributed by atoms with Crippen molar-refractivity contribution in [2.45, 2.75) is 6.04 Å². The maximum Gasteiger partial charge on any atom is 0.362 e. The summed E-state index contributed by atoms with van der Waals surface area (Å²) in [7, 11) is 0. The summed E-state index contributed by atoms with van der Waals surface area (Å²) >= 11 is 0. The number of nitrogens with two attached hydrogens (primary N) is 1. The van der Waals surface area contributed by atoms with Gasteiger partial charge in [-0.2, -0.15) is 0 Å². The summed E-state index contributed by atoms with van der Waals surface area (Å²) in [4.78, 5) is 29.1. The normalized spacial score (nSPS) is 15.5. The van der Waals surface area contributed by atoms with E-state index in [1.807, 2.05) is 24.3 Å². The molecule has 3 aromatic heterocycles. The largest absolute Gasteiger partial charge is 0.421 e. The molecule has 1 saturated heterocycles. The van der Waals surface area contributed by atoms with E-state index < -0.39 is 5.63 Å². The fourth-order valence-electron chi connectivity index (χ4n) is 4.70. The molecule has 1 fully saturated rings. The summed E-state index contributed by atoms with van der Waals surface area (Å²) in [6, 6.07) is 13.6. The number of H-pyrrole nitrogens is 1. The number of para-hydroxylation sites is 1. The van der Waals surface area contributed by atoms with Crippen molar-refractivity contribution in [2.24, 2.45) is 5.73 Å². The van der Waals surface area contributed by atoms with Crippen molar-refractivity contribution in [1.82, 2.24) is 19.9 Å². The van der Waals surface area contributed by atoms with E-state index in [9.17, 15) is 9.18 Å². The van der Waals surface area contributed by atoms with E-state index in [1.54, 1.807) is 24.4 Å². The van der Waals surface area contributed by atoms with Crippen LogP contribution in [0.1, 0.15) is 11.9 Å². The molecule has 1 atom stereocenters. The number of fused-ring (bicyclic) bond motifs is 4. The molecule has 0 bridgehead atoms. The maximum absolute atomic E-state index is 13.8. The van der Waals surface area contributed by atoms with Crippen LogP contribution in [0, 0.1) is 5.82 Å². The number of benzene rings is 2. The predicted molar refractivity (Wildman–Crippen MR) is 137 cm³/mol. The summed E-state index contributed by atoms with van der Waals surface area (Å²) in [6.07, 6.45) is 1.76.